The summed E-state index contributed by atoms with van der Waals surface area (Å²) in [6.45, 7) is 8.63. The number of furan rings is 1. The summed E-state index contributed by atoms with van der Waals surface area (Å²) in [6, 6.07) is 8.98. The molecule has 0 radical (unpaired) electrons. The van der Waals surface area contributed by atoms with E-state index < -0.39 is 0 Å². The van der Waals surface area contributed by atoms with E-state index in [0.29, 0.717) is 28.7 Å². The molecule has 0 aliphatic carbocycles. The van der Waals surface area contributed by atoms with Gasteiger partial charge in [-0.2, -0.15) is 0 Å². The van der Waals surface area contributed by atoms with Crippen molar-refractivity contribution in [3.63, 3.8) is 0 Å². The van der Waals surface area contributed by atoms with Crippen LogP contribution in [0, 0.1) is 0 Å². The van der Waals surface area contributed by atoms with Crippen molar-refractivity contribution in [3.05, 3.63) is 48.6 Å². The molecule has 1 saturated heterocycles. The van der Waals surface area contributed by atoms with Crippen LogP contribution in [0.4, 0.5) is 11.4 Å². The molecule has 8 nitrogen and oxygen atoms in total. The Kier molecular flexibility index (Phi) is 6.23. The Morgan fingerprint density at radius 2 is 2.14 bits per heavy atom. The van der Waals surface area contributed by atoms with Crippen LogP contribution < -0.4 is 16.4 Å². The summed E-state index contributed by atoms with van der Waals surface area (Å²) in [6.07, 6.45) is 3.16. The number of anilines is 2. The number of aliphatic imine (C=N–C) groups is 2. The van der Waals surface area contributed by atoms with E-state index in [4.69, 9.17) is 10.2 Å². The number of piperazine rings is 1. The fraction of sp³-hybridized carbons (Fsp3) is 0.250. The molecule has 1 aromatic heterocycles. The summed E-state index contributed by atoms with van der Waals surface area (Å²) in [5.41, 5.74) is 8.07. The fourth-order valence-electron chi connectivity index (χ4n) is 2.80. The molecule has 0 atom stereocenters. The fourth-order valence-corrected chi connectivity index (χ4v) is 2.80. The van der Waals surface area contributed by atoms with Gasteiger partial charge in [-0.1, -0.05) is 0 Å². The molecule has 2 aromatic rings. The van der Waals surface area contributed by atoms with Crippen LogP contribution >= 0.6 is 0 Å². The Morgan fingerprint density at radius 1 is 1.36 bits per heavy atom. The van der Waals surface area contributed by atoms with Gasteiger partial charge in [0.1, 0.15) is 17.3 Å². The number of benzene rings is 1. The van der Waals surface area contributed by atoms with Crippen molar-refractivity contribution in [1.82, 2.24) is 10.2 Å². The maximum atomic E-state index is 12.5. The minimum atomic E-state index is -0.344. The zero-order valence-corrected chi connectivity index (χ0v) is 15.8. The summed E-state index contributed by atoms with van der Waals surface area (Å²) in [5.74, 6) is 0.998. The van der Waals surface area contributed by atoms with Gasteiger partial charge in [0.15, 0.2) is 0 Å². The number of rotatable bonds is 6. The number of nitrogen functional groups attached to an aromatic ring is 1. The van der Waals surface area contributed by atoms with Crippen molar-refractivity contribution < 1.29 is 9.21 Å². The quantitative estimate of drug-likeness (QED) is 0.526. The van der Waals surface area contributed by atoms with Gasteiger partial charge in [0.05, 0.1) is 23.8 Å². The Bertz CT molecular complexity index is 895. The van der Waals surface area contributed by atoms with Crippen molar-refractivity contribution in [1.29, 1.82) is 0 Å². The van der Waals surface area contributed by atoms with Crippen molar-refractivity contribution in [2.45, 2.75) is 6.92 Å². The average molecular weight is 380 g/mol. The predicted octanol–water partition coefficient (Wildman–Crippen LogP) is 2.33. The lowest BCUT2D eigenvalue weighted by atomic mass is 10.1. The number of nitrogens with two attached hydrogens (primary N) is 1. The Labute approximate surface area is 163 Å². The second kappa shape index (κ2) is 9.01. The third-order valence-electron chi connectivity index (χ3n) is 4.41. The van der Waals surface area contributed by atoms with Gasteiger partial charge in [0.25, 0.3) is 5.91 Å². The number of amides is 1. The van der Waals surface area contributed by atoms with E-state index in [-0.39, 0.29) is 5.91 Å². The predicted molar refractivity (Wildman–Crippen MR) is 112 cm³/mol. The number of nitrogens with one attached hydrogen (secondary N) is 2. The summed E-state index contributed by atoms with van der Waals surface area (Å²) in [5, 5.41) is 6.07. The molecule has 1 aromatic carbocycles. The first-order valence-electron chi connectivity index (χ1n) is 9.00. The van der Waals surface area contributed by atoms with Crippen LogP contribution in [0.5, 0.6) is 0 Å². The van der Waals surface area contributed by atoms with Crippen LogP contribution in [-0.4, -0.2) is 49.4 Å². The van der Waals surface area contributed by atoms with Crippen LogP contribution in [0.25, 0.3) is 11.3 Å². The zero-order chi connectivity index (χ0) is 19.9. The van der Waals surface area contributed by atoms with E-state index >= 15 is 0 Å². The van der Waals surface area contributed by atoms with Crippen molar-refractivity contribution in [3.8, 4) is 11.3 Å². The molecule has 146 valence electrons. The monoisotopic (exact) mass is 380 g/mol. The van der Waals surface area contributed by atoms with E-state index in [1.165, 1.54) is 0 Å². The molecule has 0 spiro atoms. The molecule has 1 aliphatic heterocycles. The van der Waals surface area contributed by atoms with Gasteiger partial charge in [0.2, 0.25) is 0 Å². The minimum absolute atomic E-state index is 0.291. The summed E-state index contributed by atoms with van der Waals surface area (Å²) in [4.78, 5) is 22.9. The second-order valence-electron chi connectivity index (χ2n) is 6.33. The lowest BCUT2D eigenvalue weighted by Crippen LogP contribution is -2.42. The smallest absolute Gasteiger partial charge is 0.269 e. The van der Waals surface area contributed by atoms with Gasteiger partial charge in [-0.3, -0.25) is 9.79 Å². The molecule has 1 amide bonds. The molecular weight excluding hydrogens is 356 g/mol. The maximum absolute atomic E-state index is 12.5. The summed E-state index contributed by atoms with van der Waals surface area (Å²) < 4.78 is 5.39. The van der Waals surface area contributed by atoms with Gasteiger partial charge in [-0.05, 0) is 44.0 Å². The van der Waals surface area contributed by atoms with Crippen molar-refractivity contribution in [2.75, 3.05) is 37.2 Å². The topological polar surface area (TPSA) is 108 Å². The first kappa shape index (κ1) is 19.4. The SMILES string of the molecule is C=N/C(=C\N=C(C)C(=O)Nc1cc(-c2ccco2)ccc1N)N1CCNCC1. The molecule has 4 N–H and O–H groups in total. The third kappa shape index (κ3) is 4.66. The highest BCUT2D eigenvalue weighted by atomic mass is 16.3. The Morgan fingerprint density at radius 3 is 2.82 bits per heavy atom. The van der Waals surface area contributed by atoms with Crippen LogP contribution in [-0.2, 0) is 4.79 Å². The van der Waals surface area contributed by atoms with Gasteiger partial charge in [-0.25, -0.2) is 4.99 Å². The van der Waals surface area contributed by atoms with Crippen molar-refractivity contribution >= 4 is 29.7 Å². The Hall–Kier alpha value is -3.39. The standard InChI is InChI=1S/C20H24N6O2/c1-14(24-13-19(22-2)26-9-7-23-8-10-26)20(27)25-17-12-15(5-6-16(17)21)18-4-3-11-28-18/h3-6,11-13,23H,2,7-10,21H2,1H3,(H,25,27)/b19-13+,24-14?. The maximum Gasteiger partial charge on any atom is 0.269 e. The van der Waals surface area contributed by atoms with Crippen LogP contribution in [0.15, 0.2) is 63.0 Å². The van der Waals surface area contributed by atoms with Gasteiger partial charge in [-0.15, -0.1) is 0 Å². The molecule has 28 heavy (non-hydrogen) atoms. The summed E-state index contributed by atoms with van der Waals surface area (Å²) >= 11 is 0. The highest BCUT2D eigenvalue weighted by Gasteiger charge is 2.13. The molecule has 8 heteroatoms. The van der Waals surface area contributed by atoms with Crippen LogP contribution in [0.3, 0.4) is 0 Å². The number of hydrogen-bond donors (Lipinski definition) is 3. The largest absolute Gasteiger partial charge is 0.464 e. The highest BCUT2D eigenvalue weighted by molar-refractivity contribution is 6.42. The van der Waals surface area contributed by atoms with E-state index in [0.717, 1.165) is 31.7 Å². The third-order valence-corrected chi connectivity index (χ3v) is 4.41. The first-order chi connectivity index (χ1) is 13.6. The second-order valence-corrected chi connectivity index (χ2v) is 6.33. The van der Waals surface area contributed by atoms with Crippen LogP contribution in [0.2, 0.25) is 0 Å². The van der Waals surface area contributed by atoms with E-state index in [1.54, 1.807) is 37.6 Å². The minimum Gasteiger partial charge on any atom is -0.464 e. The Balaban J connectivity index is 1.73. The molecule has 2 heterocycles. The number of carbonyl (C=O) groups excluding carboxylic acids is 1. The number of carbonyl (C=O) groups is 1. The molecule has 3 rings (SSSR count). The molecule has 0 unspecified atom stereocenters. The molecular formula is C20H24N6O2. The molecule has 1 aliphatic rings. The van der Waals surface area contributed by atoms with Crippen LogP contribution in [0.1, 0.15) is 6.92 Å². The molecule has 1 fully saturated rings. The normalized spacial score (nSPS) is 15.4. The number of nitrogens with zero attached hydrogens (tertiary/aromatic N) is 3. The van der Waals surface area contributed by atoms with E-state index in [9.17, 15) is 4.79 Å². The molecule has 0 saturated carbocycles. The van der Waals surface area contributed by atoms with Gasteiger partial charge >= 0.3 is 0 Å². The lowest BCUT2D eigenvalue weighted by Gasteiger charge is -2.28. The van der Waals surface area contributed by atoms with Gasteiger partial charge < -0.3 is 25.7 Å². The number of hydrogen-bond acceptors (Lipinski definition) is 7. The van der Waals surface area contributed by atoms with Crippen molar-refractivity contribution in [2.24, 2.45) is 9.98 Å². The highest BCUT2D eigenvalue weighted by Crippen LogP contribution is 2.27. The van der Waals surface area contributed by atoms with E-state index in [1.807, 2.05) is 12.1 Å². The first-order valence-corrected chi connectivity index (χ1v) is 9.00. The lowest BCUT2D eigenvalue weighted by molar-refractivity contribution is -0.110. The average Bonchev–Trinajstić information content (AvgIpc) is 3.25. The van der Waals surface area contributed by atoms with E-state index in [2.05, 4.69) is 32.2 Å². The summed E-state index contributed by atoms with van der Waals surface area (Å²) in [7, 11) is 0. The molecule has 0 bridgehead atoms. The zero-order valence-electron chi connectivity index (χ0n) is 15.8. The van der Waals surface area contributed by atoms with Gasteiger partial charge in [0, 0.05) is 31.7 Å².